The molecule has 18 heavy (non-hydrogen) atoms. The van der Waals surface area contributed by atoms with Crippen LogP contribution < -0.4 is 10.6 Å². The van der Waals surface area contributed by atoms with Gasteiger partial charge in [0.15, 0.2) is 0 Å². The summed E-state index contributed by atoms with van der Waals surface area (Å²) in [7, 11) is 0. The van der Waals surface area contributed by atoms with Crippen LogP contribution in [-0.2, 0) is 9.53 Å². The molecule has 6 nitrogen and oxygen atoms in total. The van der Waals surface area contributed by atoms with Crippen molar-refractivity contribution < 1.29 is 19.4 Å². The first kappa shape index (κ1) is 14.8. The zero-order valence-corrected chi connectivity index (χ0v) is 11.2. The second kappa shape index (κ2) is 5.56. The number of hydrogen-bond donors (Lipinski definition) is 3. The van der Waals surface area contributed by atoms with Gasteiger partial charge in [-0.3, -0.25) is 4.79 Å². The maximum atomic E-state index is 11.5. The second-order valence-corrected chi connectivity index (χ2v) is 5.72. The fraction of sp³-hybridized carbons (Fsp3) is 0.833. The lowest BCUT2D eigenvalue weighted by Crippen LogP contribution is -2.52. The van der Waals surface area contributed by atoms with Gasteiger partial charge in [-0.05, 0) is 40.2 Å². The number of ether oxygens (including phenoxy) is 1. The average Bonchev–Trinajstić information content (AvgIpc) is 2.25. The van der Waals surface area contributed by atoms with Crippen LogP contribution in [0.25, 0.3) is 0 Å². The Hall–Kier alpha value is -1.30. The van der Waals surface area contributed by atoms with Gasteiger partial charge in [0.1, 0.15) is 5.60 Å². The van der Waals surface area contributed by atoms with Crippen molar-refractivity contribution in [2.24, 2.45) is 5.41 Å². The van der Waals surface area contributed by atoms with Crippen molar-refractivity contribution in [3.05, 3.63) is 0 Å². The third-order valence-corrected chi connectivity index (χ3v) is 2.90. The lowest BCUT2D eigenvalue weighted by Gasteiger charge is -2.33. The highest BCUT2D eigenvalue weighted by atomic mass is 16.6. The molecule has 0 aromatic heterocycles. The fourth-order valence-electron chi connectivity index (χ4n) is 1.93. The number of hydrogen-bond acceptors (Lipinski definition) is 4. The minimum atomic E-state index is -0.921. The van der Waals surface area contributed by atoms with E-state index in [0.29, 0.717) is 13.0 Å². The molecule has 104 valence electrons. The smallest absolute Gasteiger partial charge is 0.407 e. The van der Waals surface area contributed by atoms with Gasteiger partial charge >= 0.3 is 12.1 Å². The number of carboxylic acid groups (broad SMARTS) is 1. The second-order valence-electron chi connectivity index (χ2n) is 5.72. The molecule has 1 amide bonds. The SMILES string of the molecule is CC(C)(C)OC(=O)NCC1(C(=O)O)CCCNC1. The standard InChI is InChI=1S/C12H22N2O4/c1-11(2,3)18-10(17)14-8-12(9(15)16)5-4-6-13-7-12/h13H,4-8H2,1-3H3,(H,14,17)(H,15,16). The quantitative estimate of drug-likeness (QED) is 0.702. The predicted octanol–water partition coefficient (Wildman–Crippen LogP) is 0.966. The van der Waals surface area contributed by atoms with Crippen molar-refractivity contribution in [1.29, 1.82) is 0 Å². The zero-order chi connectivity index (χ0) is 13.8. The molecular weight excluding hydrogens is 236 g/mol. The molecular formula is C12H22N2O4. The van der Waals surface area contributed by atoms with Crippen LogP contribution in [0.3, 0.4) is 0 Å². The average molecular weight is 258 g/mol. The molecule has 1 atom stereocenters. The van der Waals surface area contributed by atoms with E-state index in [1.807, 2.05) is 0 Å². The normalized spacial score (nSPS) is 24.4. The van der Waals surface area contributed by atoms with Gasteiger partial charge in [-0.2, -0.15) is 0 Å². The Balaban J connectivity index is 2.53. The number of carbonyl (C=O) groups excluding carboxylic acids is 1. The van der Waals surface area contributed by atoms with Gasteiger partial charge in [0.25, 0.3) is 0 Å². The number of rotatable bonds is 3. The number of carbonyl (C=O) groups is 2. The Morgan fingerprint density at radius 2 is 2.11 bits per heavy atom. The first-order chi connectivity index (χ1) is 8.25. The zero-order valence-electron chi connectivity index (χ0n) is 11.2. The van der Waals surface area contributed by atoms with Gasteiger partial charge in [0, 0.05) is 13.1 Å². The number of amides is 1. The molecule has 0 saturated carbocycles. The highest BCUT2D eigenvalue weighted by molar-refractivity contribution is 5.77. The molecule has 3 N–H and O–H groups in total. The predicted molar refractivity (Wildman–Crippen MR) is 66.4 cm³/mol. The Kier molecular flexibility index (Phi) is 4.56. The molecule has 1 unspecified atom stereocenters. The van der Waals surface area contributed by atoms with E-state index in [2.05, 4.69) is 10.6 Å². The van der Waals surface area contributed by atoms with Crippen LogP contribution in [-0.4, -0.2) is 42.4 Å². The van der Waals surface area contributed by atoms with Gasteiger partial charge in [-0.15, -0.1) is 0 Å². The molecule has 6 heteroatoms. The van der Waals surface area contributed by atoms with E-state index in [-0.39, 0.29) is 6.54 Å². The van der Waals surface area contributed by atoms with Crippen LogP contribution in [0.15, 0.2) is 0 Å². The summed E-state index contributed by atoms with van der Waals surface area (Å²) in [6, 6.07) is 0. The van der Waals surface area contributed by atoms with E-state index in [4.69, 9.17) is 4.74 Å². The molecule has 1 fully saturated rings. The molecule has 1 aliphatic rings. The third-order valence-electron chi connectivity index (χ3n) is 2.90. The Bertz CT molecular complexity index is 317. The van der Waals surface area contributed by atoms with Gasteiger partial charge in [-0.25, -0.2) is 4.79 Å². The Morgan fingerprint density at radius 3 is 2.56 bits per heavy atom. The maximum absolute atomic E-state index is 11.5. The summed E-state index contributed by atoms with van der Waals surface area (Å²) < 4.78 is 5.09. The van der Waals surface area contributed by atoms with Crippen molar-refractivity contribution in [2.75, 3.05) is 19.6 Å². The molecule has 0 radical (unpaired) electrons. The lowest BCUT2D eigenvalue weighted by molar-refractivity contribution is -0.149. The minimum absolute atomic E-state index is 0.0875. The summed E-state index contributed by atoms with van der Waals surface area (Å²) in [5.74, 6) is -0.884. The van der Waals surface area contributed by atoms with Gasteiger partial charge < -0.3 is 20.5 Å². The molecule has 0 aromatic rings. The first-order valence-electron chi connectivity index (χ1n) is 6.16. The molecule has 1 aliphatic heterocycles. The molecule has 1 rings (SSSR count). The number of alkyl carbamates (subject to hydrolysis) is 1. The summed E-state index contributed by atoms with van der Waals surface area (Å²) >= 11 is 0. The third kappa shape index (κ3) is 4.18. The van der Waals surface area contributed by atoms with Crippen molar-refractivity contribution in [3.8, 4) is 0 Å². The summed E-state index contributed by atoms with van der Waals surface area (Å²) in [4.78, 5) is 22.9. The molecule has 0 aliphatic carbocycles. The molecule has 1 saturated heterocycles. The van der Waals surface area contributed by atoms with Crippen LogP contribution in [0.1, 0.15) is 33.6 Å². The number of carboxylic acids is 1. The van der Waals surface area contributed by atoms with Crippen LogP contribution in [0.4, 0.5) is 4.79 Å². The molecule has 1 heterocycles. The van der Waals surface area contributed by atoms with E-state index < -0.39 is 23.1 Å². The van der Waals surface area contributed by atoms with Crippen LogP contribution in [0.5, 0.6) is 0 Å². The molecule has 0 bridgehead atoms. The summed E-state index contributed by atoms with van der Waals surface area (Å²) in [5, 5.41) is 14.9. The highest BCUT2D eigenvalue weighted by Crippen LogP contribution is 2.25. The van der Waals surface area contributed by atoms with Crippen molar-refractivity contribution in [1.82, 2.24) is 10.6 Å². The topological polar surface area (TPSA) is 87.7 Å². The number of piperidine rings is 1. The Morgan fingerprint density at radius 1 is 1.44 bits per heavy atom. The van der Waals surface area contributed by atoms with E-state index in [1.54, 1.807) is 20.8 Å². The fourth-order valence-corrected chi connectivity index (χ4v) is 1.93. The molecule has 0 spiro atoms. The summed E-state index contributed by atoms with van der Waals surface area (Å²) in [6.45, 7) is 6.58. The van der Waals surface area contributed by atoms with E-state index in [9.17, 15) is 14.7 Å². The van der Waals surface area contributed by atoms with Gasteiger partial charge in [0.05, 0.1) is 5.41 Å². The van der Waals surface area contributed by atoms with E-state index in [1.165, 1.54) is 0 Å². The van der Waals surface area contributed by atoms with Crippen LogP contribution in [0.2, 0.25) is 0 Å². The maximum Gasteiger partial charge on any atom is 0.407 e. The van der Waals surface area contributed by atoms with Gasteiger partial charge in [0.2, 0.25) is 0 Å². The number of aliphatic carboxylic acids is 1. The van der Waals surface area contributed by atoms with Crippen molar-refractivity contribution >= 4 is 12.1 Å². The van der Waals surface area contributed by atoms with Crippen LogP contribution in [0, 0.1) is 5.41 Å². The van der Waals surface area contributed by atoms with Gasteiger partial charge in [-0.1, -0.05) is 0 Å². The first-order valence-corrected chi connectivity index (χ1v) is 6.16. The van der Waals surface area contributed by atoms with Crippen molar-refractivity contribution in [3.63, 3.8) is 0 Å². The summed E-state index contributed by atoms with van der Waals surface area (Å²) in [5.41, 5.74) is -1.50. The molecule has 0 aromatic carbocycles. The largest absolute Gasteiger partial charge is 0.481 e. The summed E-state index contributed by atoms with van der Waals surface area (Å²) in [6.07, 6.45) is 0.779. The van der Waals surface area contributed by atoms with E-state index in [0.717, 1.165) is 13.0 Å². The van der Waals surface area contributed by atoms with Crippen molar-refractivity contribution in [2.45, 2.75) is 39.2 Å². The highest BCUT2D eigenvalue weighted by Gasteiger charge is 2.40. The lowest BCUT2D eigenvalue weighted by atomic mass is 9.80. The Labute approximate surface area is 107 Å². The number of nitrogens with one attached hydrogen (secondary N) is 2. The van der Waals surface area contributed by atoms with Crippen LogP contribution >= 0.6 is 0 Å². The monoisotopic (exact) mass is 258 g/mol. The minimum Gasteiger partial charge on any atom is -0.481 e. The van der Waals surface area contributed by atoms with E-state index >= 15 is 0 Å².